The van der Waals surface area contributed by atoms with Gasteiger partial charge in [0.25, 0.3) is 0 Å². The third kappa shape index (κ3) is 4.97. The molecule has 1 aromatic rings. The number of methoxy groups -OCH3 is 3. The molecule has 1 heterocycles. The molecule has 0 aromatic carbocycles. The summed E-state index contributed by atoms with van der Waals surface area (Å²) in [5.41, 5.74) is 0. The highest BCUT2D eigenvalue weighted by atomic mass is 16.5. The first-order chi connectivity index (χ1) is 8.30. The second-order valence-electron chi connectivity index (χ2n) is 3.42. The largest absolute Gasteiger partial charge is 0.481 e. The minimum atomic E-state index is 0.365. The van der Waals surface area contributed by atoms with E-state index in [1.807, 2.05) is 0 Å². The average Bonchev–Trinajstić information content (AvgIpc) is 2.35. The van der Waals surface area contributed by atoms with Crippen LogP contribution in [0.25, 0.3) is 0 Å². The van der Waals surface area contributed by atoms with E-state index in [4.69, 9.17) is 14.2 Å². The summed E-state index contributed by atoms with van der Waals surface area (Å²) in [6, 6.07) is 1.76. The summed E-state index contributed by atoms with van der Waals surface area (Å²) >= 11 is 0. The Balaban J connectivity index is 2.59. The molecule has 0 unspecified atom stereocenters. The van der Waals surface area contributed by atoms with Gasteiger partial charge in [0.1, 0.15) is 12.4 Å². The maximum absolute atomic E-state index is 5.10. The lowest BCUT2D eigenvalue weighted by atomic mass is 10.4. The van der Waals surface area contributed by atoms with Crippen LogP contribution in [0.1, 0.15) is 12.2 Å². The van der Waals surface area contributed by atoms with Crippen molar-refractivity contribution in [1.82, 2.24) is 9.97 Å². The summed E-state index contributed by atoms with van der Waals surface area (Å²) < 4.78 is 15.1. The molecule has 6 heteroatoms. The van der Waals surface area contributed by atoms with Gasteiger partial charge in [0.15, 0.2) is 5.82 Å². The van der Waals surface area contributed by atoms with Crippen LogP contribution in [0.15, 0.2) is 6.07 Å². The molecule has 0 aliphatic carbocycles. The fraction of sp³-hybridized carbons (Fsp3) is 0.636. The molecule has 17 heavy (non-hydrogen) atoms. The first-order valence-electron chi connectivity index (χ1n) is 5.44. The van der Waals surface area contributed by atoms with E-state index in [0.717, 1.165) is 25.4 Å². The van der Waals surface area contributed by atoms with Crippen molar-refractivity contribution in [2.45, 2.75) is 13.0 Å². The Labute approximate surface area is 101 Å². The number of anilines is 1. The molecule has 0 atom stereocenters. The van der Waals surface area contributed by atoms with Gasteiger partial charge in [-0.2, -0.15) is 4.98 Å². The lowest BCUT2D eigenvalue weighted by molar-refractivity contribution is 0.177. The van der Waals surface area contributed by atoms with Gasteiger partial charge in [-0.15, -0.1) is 0 Å². The minimum absolute atomic E-state index is 0.365. The van der Waals surface area contributed by atoms with Gasteiger partial charge in [0.05, 0.1) is 7.11 Å². The Bertz CT molecular complexity index is 334. The second kappa shape index (κ2) is 7.81. The Morgan fingerprint density at radius 1 is 1.18 bits per heavy atom. The number of hydrogen-bond acceptors (Lipinski definition) is 6. The molecule has 1 N–H and O–H groups in total. The first-order valence-corrected chi connectivity index (χ1v) is 5.44. The van der Waals surface area contributed by atoms with E-state index in [1.54, 1.807) is 27.4 Å². The van der Waals surface area contributed by atoms with Crippen LogP contribution in [0.2, 0.25) is 0 Å². The van der Waals surface area contributed by atoms with Crippen LogP contribution in [0.5, 0.6) is 5.88 Å². The lowest BCUT2D eigenvalue weighted by Crippen LogP contribution is -2.09. The highest BCUT2D eigenvalue weighted by Crippen LogP contribution is 2.13. The van der Waals surface area contributed by atoms with E-state index in [1.165, 1.54) is 0 Å². The highest BCUT2D eigenvalue weighted by molar-refractivity contribution is 5.38. The molecule has 0 aliphatic heterocycles. The molecular weight excluding hydrogens is 222 g/mol. The molecule has 0 saturated heterocycles. The number of nitrogens with one attached hydrogen (secondary N) is 1. The first kappa shape index (κ1) is 13.7. The summed E-state index contributed by atoms with van der Waals surface area (Å²) in [7, 11) is 4.87. The van der Waals surface area contributed by atoms with Crippen LogP contribution in [0, 0.1) is 0 Å². The van der Waals surface area contributed by atoms with Crippen LogP contribution in [-0.2, 0) is 16.1 Å². The van der Waals surface area contributed by atoms with E-state index in [-0.39, 0.29) is 0 Å². The average molecular weight is 241 g/mol. The normalized spacial score (nSPS) is 10.3. The quantitative estimate of drug-likeness (QED) is 0.687. The topological polar surface area (TPSA) is 65.5 Å². The monoisotopic (exact) mass is 241 g/mol. The van der Waals surface area contributed by atoms with Crippen LogP contribution in [-0.4, -0.2) is 44.4 Å². The van der Waals surface area contributed by atoms with Crippen molar-refractivity contribution < 1.29 is 14.2 Å². The molecule has 0 aliphatic rings. The van der Waals surface area contributed by atoms with Gasteiger partial charge in [-0.1, -0.05) is 0 Å². The zero-order valence-corrected chi connectivity index (χ0v) is 10.5. The summed E-state index contributed by atoms with van der Waals surface area (Å²) in [5.74, 6) is 1.86. The van der Waals surface area contributed by atoms with Crippen molar-refractivity contribution in [3.05, 3.63) is 11.9 Å². The highest BCUT2D eigenvalue weighted by Gasteiger charge is 2.04. The van der Waals surface area contributed by atoms with Crippen molar-refractivity contribution in [2.24, 2.45) is 0 Å². The van der Waals surface area contributed by atoms with Crippen molar-refractivity contribution in [3.63, 3.8) is 0 Å². The van der Waals surface area contributed by atoms with Crippen LogP contribution in [0.3, 0.4) is 0 Å². The summed E-state index contributed by atoms with van der Waals surface area (Å²) in [4.78, 5) is 8.46. The second-order valence-corrected chi connectivity index (χ2v) is 3.42. The molecule has 6 nitrogen and oxygen atoms in total. The van der Waals surface area contributed by atoms with Crippen LogP contribution in [0.4, 0.5) is 5.82 Å². The molecule has 0 bridgehead atoms. The number of nitrogens with zero attached hydrogens (tertiary/aromatic N) is 2. The zero-order valence-electron chi connectivity index (χ0n) is 10.5. The van der Waals surface area contributed by atoms with Gasteiger partial charge in [0, 0.05) is 33.4 Å². The Hall–Kier alpha value is -1.40. The summed E-state index contributed by atoms with van der Waals surface area (Å²) in [6.45, 7) is 1.88. The van der Waals surface area contributed by atoms with E-state index in [2.05, 4.69) is 15.3 Å². The smallest absolute Gasteiger partial charge is 0.218 e. The lowest BCUT2D eigenvalue weighted by Gasteiger charge is -2.08. The van der Waals surface area contributed by atoms with Gasteiger partial charge in [-0.3, -0.25) is 0 Å². The molecule has 1 rings (SSSR count). The third-order valence-electron chi connectivity index (χ3n) is 2.06. The standard InChI is InChI=1S/C11H19N3O3/c1-15-6-4-5-12-9-7-11(17-3)14-10(13-9)8-16-2/h7H,4-6,8H2,1-3H3,(H,12,13,14). The summed E-state index contributed by atoms with van der Waals surface area (Å²) in [6.07, 6.45) is 0.919. The number of ether oxygens (including phenoxy) is 3. The molecule has 0 saturated carbocycles. The minimum Gasteiger partial charge on any atom is -0.481 e. The van der Waals surface area contributed by atoms with Crippen molar-refractivity contribution >= 4 is 5.82 Å². The molecule has 0 fully saturated rings. The van der Waals surface area contributed by atoms with Gasteiger partial charge in [-0.25, -0.2) is 4.98 Å². The molecule has 0 amide bonds. The Morgan fingerprint density at radius 2 is 2.00 bits per heavy atom. The van der Waals surface area contributed by atoms with Crippen molar-refractivity contribution in [3.8, 4) is 5.88 Å². The maximum Gasteiger partial charge on any atom is 0.218 e. The van der Waals surface area contributed by atoms with Crippen molar-refractivity contribution in [1.29, 1.82) is 0 Å². The van der Waals surface area contributed by atoms with E-state index >= 15 is 0 Å². The fourth-order valence-electron chi connectivity index (χ4n) is 1.29. The Morgan fingerprint density at radius 3 is 2.65 bits per heavy atom. The van der Waals surface area contributed by atoms with E-state index < -0.39 is 0 Å². The van der Waals surface area contributed by atoms with Gasteiger partial charge in [0.2, 0.25) is 5.88 Å². The van der Waals surface area contributed by atoms with Crippen LogP contribution < -0.4 is 10.1 Å². The third-order valence-corrected chi connectivity index (χ3v) is 2.06. The molecule has 0 radical (unpaired) electrons. The van der Waals surface area contributed by atoms with Gasteiger partial charge < -0.3 is 19.5 Å². The van der Waals surface area contributed by atoms with Gasteiger partial charge in [-0.05, 0) is 6.42 Å². The molecular formula is C11H19N3O3. The van der Waals surface area contributed by atoms with Crippen molar-refractivity contribution in [2.75, 3.05) is 39.8 Å². The zero-order chi connectivity index (χ0) is 12.5. The number of rotatable bonds is 8. The van der Waals surface area contributed by atoms with E-state index in [0.29, 0.717) is 18.3 Å². The maximum atomic E-state index is 5.10. The predicted molar refractivity (Wildman–Crippen MR) is 64.3 cm³/mol. The Kier molecular flexibility index (Phi) is 6.27. The fourth-order valence-corrected chi connectivity index (χ4v) is 1.29. The molecule has 96 valence electrons. The van der Waals surface area contributed by atoms with Gasteiger partial charge >= 0.3 is 0 Å². The number of hydrogen-bond donors (Lipinski definition) is 1. The summed E-state index contributed by atoms with van der Waals surface area (Å²) in [5, 5.41) is 3.19. The SMILES string of the molecule is COCCCNc1cc(OC)nc(COC)n1. The molecule has 0 spiro atoms. The molecule has 1 aromatic heterocycles. The van der Waals surface area contributed by atoms with E-state index in [9.17, 15) is 0 Å². The predicted octanol–water partition coefficient (Wildman–Crippen LogP) is 1.08. The number of aromatic nitrogens is 2. The van der Waals surface area contributed by atoms with Crippen LogP contribution >= 0.6 is 0 Å².